The maximum absolute atomic E-state index is 12.9. The minimum atomic E-state index is -0.0608. The van der Waals surface area contributed by atoms with E-state index in [4.69, 9.17) is 9.97 Å². The number of amides is 1. The van der Waals surface area contributed by atoms with Crippen LogP contribution in [0.2, 0.25) is 0 Å². The molecule has 7 heteroatoms. The van der Waals surface area contributed by atoms with Gasteiger partial charge in [-0.05, 0) is 39.0 Å². The first kappa shape index (κ1) is 20.5. The van der Waals surface area contributed by atoms with E-state index < -0.39 is 0 Å². The van der Waals surface area contributed by atoms with E-state index in [1.165, 1.54) is 11.3 Å². The van der Waals surface area contributed by atoms with Crippen molar-refractivity contribution in [2.45, 2.75) is 45.6 Å². The fourth-order valence-corrected chi connectivity index (χ4v) is 4.61. The Morgan fingerprint density at radius 2 is 1.97 bits per heavy atom. The Hall–Kier alpha value is -3.35. The van der Waals surface area contributed by atoms with Crippen molar-refractivity contribution in [3.05, 3.63) is 65.4 Å². The standard InChI is InChI=1S/C25H28N6O/c1-17-13-27-20(14-26-17)15-28-25(32)19-9-6-12-31(16-19)24-21-10-5-11-22(21)29-23(30-24)18-7-3-2-4-8-18/h2-4,7-8,13-14,19H,5-6,9-12,15-16H2,1H3,(H,28,32)/t19-/m1/s1. The third-order valence-corrected chi connectivity index (χ3v) is 6.31. The van der Waals surface area contributed by atoms with Crippen LogP contribution in [0.4, 0.5) is 5.82 Å². The number of fused-ring (bicyclic) bond motifs is 1. The lowest BCUT2D eigenvalue weighted by Crippen LogP contribution is -2.43. The molecule has 1 aliphatic heterocycles. The molecular formula is C25H28N6O. The summed E-state index contributed by atoms with van der Waals surface area (Å²) in [5.41, 5.74) is 5.11. The van der Waals surface area contributed by atoms with Gasteiger partial charge in [0.25, 0.3) is 0 Å². The lowest BCUT2D eigenvalue weighted by molar-refractivity contribution is -0.125. The molecule has 0 radical (unpaired) electrons. The largest absolute Gasteiger partial charge is 0.355 e. The van der Waals surface area contributed by atoms with Crippen LogP contribution < -0.4 is 10.2 Å². The molecule has 0 saturated carbocycles. The summed E-state index contributed by atoms with van der Waals surface area (Å²) in [6.07, 6.45) is 8.44. The van der Waals surface area contributed by atoms with Crippen molar-refractivity contribution in [1.29, 1.82) is 0 Å². The first-order valence-corrected chi connectivity index (χ1v) is 11.4. The van der Waals surface area contributed by atoms with E-state index in [2.05, 4.69) is 32.3 Å². The fourth-order valence-electron chi connectivity index (χ4n) is 4.61. The third-order valence-electron chi connectivity index (χ3n) is 6.31. The fraction of sp³-hybridized carbons (Fsp3) is 0.400. The number of hydrogen-bond acceptors (Lipinski definition) is 6. The third kappa shape index (κ3) is 4.33. The molecule has 2 aliphatic rings. The number of nitrogens with one attached hydrogen (secondary N) is 1. The summed E-state index contributed by atoms with van der Waals surface area (Å²) in [5, 5.41) is 3.05. The minimum absolute atomic E-state index is 0.0608. The van der Waals surface area contributed by atoms with Gasteiger partial charge in [0.1, 0.15) is 5.82 Å². The number of rotatable bonds is 5. The van der Waals surface area contributed by atoms with Crippen LogP contribution in [0, 0.1) is 12.8 Å². The van der Waals surface area contributed by atoms with Gasteiger partial charge in [-0.25, -0.2) is 9.97 Å². The molecule has 5 rings (SSSR count). The lowest BCUT2D eigenvalue weighted by Gasteiger charge is -2.34. The molecule has 0 spiro atoms. The summed E-state index contributed by atoms with van der Waals surface area (Å²) in [5.74, 6) is 1.82. The Morgan fingerprint density at radius 1 is 1.09 bits per heavy atom. The van der Waals surface area contributed by atoms with Crippen LogP contribution in [0.5, 0.6) is 0 Å². The number of piperidine rings is 1. The first-order valence-electron chi connectivity index (χ1n) is 11.4. The summed E-state index contributed by atoms with van der Waals surface area (Å²) in [6.45, 7) is 3.91. The number of aryl methyl sites for hydroxylation is 2. The van der Waals surface area contributed by atoms with Crippen LogP contribution in [0.3, 0.4) is 0 Å². The molecule has 0 bridgehead atoms. The molecule has 1 amide bonds. The molecule has 7 nitrogen and oxygen atoms in total. The summed E-state index contributed by atoms with van der Waals surface area (Å²) >= 11 is 0. The molecule has 3 aromatic rings. The summed E-state index contributed by atoms with van der Waals surface area (Å²) in [6, 6.07) is 10.2. The topological polar surface area (TPSA) is 83.9 Å². The van der Waals surface area contributed by atoms with Crippen molar-refractivity contribution in [1.82, 2.24) is 25.3 Å². The number of carbonyl (C=O) groups is 1. The van der Waals surface area contributed by atoms with Crippen molar-refractivity contribution >= 4 is 11.7 Å². The molecule has 1 saturated heterocycles. The van der Waals surface area contributed by atoms with Crippen molar-refractivity contribution in [2.75, 3.05) is 18.0 Å². The second-order valence-electron chi connectivity index (χ2n) is 8.67. The van der Waals surface area contributed by atoms with Crippen LogP contribution >= 0.6 is 0 Å². The minimum Gasteiger partial charge on any atom is -0.355 e. The Kier molecular flexibility index (Phi) is 5.79. The van der Waals surface area contributed by atoms with Gasteiger partial charge in [0.2, 0.25) is 5.91 Å². The summed E-state index contributed by atoms with van der Waals surface area (Å²) in [7, 11) is 0. The molecule has 1 N–H and O–H groups in total. The molecule has 2 aromatic heterocycles. The Bertz CT molecular complexity index is 1100. The molecule has 1 atom stereocenters. The van der Waals surface area contributed by atoms with Gasteiger partial charge in [0.15, 0.2) is 5.82 Å². The summed E-state index contributed by atoms with van der Waals surface area (Å²) in [4.78, 5) is 33.7. The highest BCUT2D eigenvalue weighted by Gasteiger charge is 2.30. The van der Waals surface area contributed by atoms with E-state index in [-0.39, 0.29) is 11.8 Å². The summed E-state index contributed by atoms with van der Waals surface area (Å²) < 4.78 is 0. The highest BCUT2D eigenvalue weighted by molar-refractivity contribution is 5.79. The number of hydrogen-bond donors (Lipinski definition) is 1. The normalized spacial score (nSPS) is 17.8. The molecule has 0 unspecified atom stereocenters. The Labute approximate surface area is 188 Å². The number of nitrogens with zero attached hydrogens (tertiary/aromatic N) is 5. The van der Waals surface area contributed by atoms with E-state index >= 15 is 0 Å². The second kappa shape index (κ2) is 9.02. The van der Waals surface area contributed by atoms with Crippen LogP contribution in [0.15, 0.2) is 42.7 Å². The van der Waals surface area contributed by atoms with Crippen LogP contribution in [-0.4, -0.2) is 38.9 Å². The Morgan fingerprint density at radius 3 is 2.78 bits per heavy atom. The van der Waals surface area contributed by atoms with Crippen LogP contribution in [0.25, 0.3) is 11.4 Å². The zero-order valence-corrected chi connectivity index (χ0v) is 18.4. The molecule has 1 fully saturated rings. The van der Waals surface area contributed by atoms with E-state index in [9.17, 15) is 4.79 Å². The zero-order valence-electron chi connectivity index (χ0n) is 18.4. The maximum atomic E-state index is 12.9. The molecular weight excluding hydrogens is 400 g/mol. The number of carbonyl (C=O) groups excluding carboxylic acids is 1. The highest BCUT2D eigenvalue weighted by Crippen LogP contribution is 2.33. The number of anilines is 1. The quantitative estimate of drug-likeness (QED) is 0.672. The average molecular weight is 429 g/mol. The van der Waals surface area contributed by atoms with Gasteiger partial charge in [0.05, 0.1) is 30.0 Å². The maximum Gasteiger partial charge on any atom is 0.225 e. The predicted octanol–water partition coefficient (Wildman–Crippen LogP) is 3.26. The smallest absolute Gasteiger partial charge is 0.225 e. The van der Waals surface area contributed by atoms with Crippen molar-refractivity contribution in [3.63, 3.8) is 0 Å². The first-order chi connectivity index (χ1) is 15.7. The highest BCUT2D eigenvalue weighted by atomic mass is 16.1. The van der Waals surface area contributed by atoms with Crippen LogP contribution in [0.1, 0.15) is 41.9 Å². The van der Waals surface area contributed by atoms with E-state index in [0.29, 0.717) is 13.1 Å². The average Bonchev–Trinajstić information content (AvgIpc) is 3.32. The van der Waals surface area contributed by atoms with Gasteiger partial charge in [-0.15, -0.1) is 0 Å². The molecule has 3 heterocycles. The number of benzene rings is 1. The van der Waals surface area contributed by atoms with Crippen molar-refractivity contribution < 1.29 is 4.79 Å². The predicted molar refractivity (Wildman–Crippen MR) is 123 cm³/mol. The van der Waals surface area contributed by atoms with Gasteiger partial charge in [0, 0.05) is 36.1 Å². The van der Waals surface area contributed by atoms with Crippen molar-refractivity contribution in [3.8, 4) is 11.4 Å². The molecule has 32 heavy (non-hydrogen) atoms. The monoisotopic (exact) mass is 428 g/mol. The van der Waals surface area contributed by atoms with E-state index in [1.807, 2.05) is 25.1 Å². The van der Waals surface area contributed by atoms with Gasteiger partial charge < -0.3 is 10.2 Å². The zero-order chi connectivity index (χ0) is 21.9. The second-order valence-corrected chi connectivity index (χ2v) is 8.67. The Balaban J connectivity index is 1.33. The SMILES string of the molecule is Cc1cnc(CNC(=O)[C@@H]2CCCN(c3nc(-c4ccccc4)nc4c3CCC4)C2)cn1. The lowest BCUT2D eigenvalue weighted by atomic mass is 9.96. The van der Waals surface area contributed by atoms with E-state index in [1.54, 1.807) is 12.4 Å². The van der Waals surface area contributed by atoms with Gasteiger partial charge in [-0.2, -0.15) is 0 Å². The number of aromatic nitrogens is 4. The van der Waals surface area contributed by atoms with Crippen LogP contribution in [-0.2, 0) is 24.2 Å². The van der Waals surface area contributed by atoms with Gasteiger partial charge in [-0.1, -0.05) is 30.3 Å². The van der Waals surface area contributed by atoms with Gasteiger partial charge in [-0.3, -0.25) is 14.8 Å². The molecule has 164 valence electrons. The van der Waals surface area contributed by atoms with Crippen molar-refractivity contribution in [2.24, 2.45) is 5.92 Å². The van der Waals surface area contributed by atoms with E-state index in [0.717, 1.165) is 67.2 Å². The molecule has 1 aromatic carbocycles. The molecule has 1 aliphatic carbocycles. The van der Waals surface area contributed by atoms with Gasteiger partial charge >= 0.3 is 0 Å².